The van der Waals surface area contributed by atoms with Gasteiger partial charge in [0.15, 0.2) is 37.1 Å². The molecule has 10 aromatic rings. The number of urea groups is 5. The van der Waals surface area contributed by atoms with Gasteiger partial charge in [-0.3, -0.25) is 51.1 Å². The van der Waals surface area contributed by atoms with E-state index in [9.17, 15) is 57.8 Å². The highest BCUT2D eigenvalue weighted by atomic mass is 16.5. The van der Waals surface area contributed by atoms with Crippen LogP contribution < -0.4 is 133 Å². The predicted molar refractivity (Wildman–Crippen MR) is 541 cm³/mol. The van der Waals surface area contributed by atoms with E-state index in [4.69, 9.17) is 56.8 Å². The number of amides is 15. The smallest absolute Gasteiger partial charge is 0.338 e. The van der Waals surface area contributed by atoms with Crippen LogP contribution in [0.15, 0.2) is 213 Å². The van der Waals surface area contributed by atoms with Crippen molar-refractivity contribution in [3.8, 4) is 63.2 Å². The number of nitroso groups, excluding NO2 is 2. The number of unbranched alkanes of at least 4 members (excludes halogenated alkanes) is 1. The summed E-state index contributed by atoms with van der Waals surface area (Å²) >= 11 is 0. The first-order valence-corrected chi connectivity index (χ1v) is 45.4. The maximum atomic E-state index is 12.6. The van der Waals surface area contributed by atoms with Gasteiger partial charge < -0.3 is 83.4 Å². The maximum Gasteiger partial charge on any atom is 0.338 e. The number of methoxy groups -OCH3 is 5. The van der Waals surface area contributed by atoms with E-state index in [2.05, 4.69) is 108 Å². The third-order valence-electron chi connectivity index (χ3n) is 20.1. The summed E-state index contributed by atoms with van der Waals surface area (Å²) in [4.78, 5) is 144. The Morgan fingerprint density at radius 3 is 1.21 bits per heavy atom. The molecule has 10 aromatic carbocycles. The van der Waals surface area contributed by atoms with E-state index >= 15 is 0 Å². The largest absolute Gasteiger partial charge is 0.497 e. The van der Waals surface area contributed by atoms with Crippen LogP contribution in [0.2, 0.25) is 0 Å². The highest BCUT2D eigenvalue weighted by Crippen LogP contribution is 2.41. The van der Waals surface area contributed by atoms with Crippen molar-refractivity contribution in [3.63, 3.8) is 0 Å². The second kappa shape index (κ2) is 59.6. The van der Waals surface area contributed by atoms with Crippen molar-refractivity contribution >= 4 is 105 Å². The molecule has 0 bridgehead atoms. The lowest BCUT2D eigenvalue weighted by Gasteiger charge is -2.17. The van der Waals surface area contributed by atoms with E-state index in [1.165, 1.54) is 92.8 Å². The lowest BCUT2D eigenvalue weighted by Crippen LogP contribution is -2.44. The minimum absolute atomic E-state index is 0.192. The summed E-state index contributed by atoms with van der Waals surface area (Å²) in [6.45, 7) is 24.3. The second-order valence-electron chi connectivity index (χ2n) is 31.0. The molecule has 0 heterocycles. The first-order valence-electron chi connectivity index (χ1n) is 45.4. The highest BCUT2D eigenvalue weighted by Gasteiger charge is 2.24. The van der Waals surface area contributed by atoms with Crippen LogP contribution in [0.1, 0.15) is 155 Å². The molecule has 0 aromatic heterocycles. The fraction of sp³-hybridized carbons (Fsp3) is 0.294. The fourth-order valence-corrected chi connectivity index (χ4v) is 12.7. The monoisotopic (exact) mass is 1970 g/mol. The first-order chi connectivity index (χ1) is 68.8. The lowest BCUT2D eigenvalue weighted by molar-refractivity contribution is -0.428. The normalized spacial score (nSPS) is 10.7. The molecule has 0 saturated heterocycles. The molecule has 0 spiro atoms. The van der Waals surface area contributed by atoms with Gasteiger partial charge in [0, 0.05) is 106 Å². The number of benzene rings is 10. The molecule has 1 saturated carbocycles. The molecule has 1 aliphatic rings. The van der Waals surface area contributed by atoms with E-state index in [1.54, 1.807) is 164 Å². The van der Waals surface area contributed by atoms with Crippen LogP contribution in [0.5, 0.6) is 63.2 Å². The van der Waals surface area contributed by atoms with Crippen LogP contribution in [-0.4, -0.2) is 165 Å². The Bertz CT molecular complexity index is 5880. The van der Waals surface area contributed by atoms with Crippen molar-refractivity contribution in [1.29, 1.82) is 0 Å². The van der Waals surface area contributed by atoms with Gasteiger partial charge in [-0.05, 0) is 248 Å². The molecule has 1 fully saturated rings. The van der Waals surface area contributed by atoms with Gasteiger partial charge in [0.1, 0.15) is 34.5 Å². The number of nitrogens with zero attached hydrogens (tertiary/aromatic N) is 2. The number of carbonyl (C=O) groups is 10. The Morgan fingerprint density at radius 2 is 0.776 bits per heavy atom. The summed E-state index contributed by atoms with van der Waals surface area (Å²) in [5.74, 6) is 3.81. The number of carbonyl (C=O) groups excluding carboxylic acids is 10. The summed E-state index contributed by atoms with van der Waals surface area (Å²) in [7, 11) is 10.0. The number of ether oxygens (including phenoxy) is 12. The van der Waals surface area contributed by atoms with E-state index < -0.39 is 59.7 Å². The van der Waals surface area contributed by atoms with Gasteiger partial charge in [-0.2, -0.15) is 0 Å². The van der Waals surface area contributed by atoms with Crippen LogP contribution in [0, 0.1) is 29.6 Å². The van der Waals surface area contributed by atoms with Gasteiger partial charge >= 0.3 is 30.2 Å². The van der Waals surface area contributed by atoms with E-state index in [0.29, 0.717) is 175 Å². The predicted octanol–water partition coefficient (Wildman–Crippen LogP) is 17.2. The Hall–Kier alpha value is -17.6. The van der Waals surface area contributed by atoms with Crippen LogP contribution >= 0.6 is 0 Å². The van der Waals surface area contributed by atoms with Crippen LogP contribution in [-0.2, 0) is 4.74 Å². The van der Waals surface area contributed by atoms with Gasteiger partial charge in [-0.25, -0.2) is 51.1 Å². The molecule has 0 unspecified atom stereocenters. The zero-order chi connectivity index (χ0) is 104. The van der Waals surface area contributed by atoms with Gasteiger partial charge in [-0.15, -0.1) is 0 Å². The molecule has 11 rings (SSSR count). The Morgan fingerprint density at radius 1 is 0.364 bits per heavy atom. The third-order valence-corrected chi connectivity index (χ3v) is 20.1. The van der Waals surface area contributed by atoms with Gasteiger partial charge in [-0.1, -0.05) is 52.0 Å². The van der Waals surface area contributed by atoms with E-state index in [1.807, 2.05) is 53.7 Å². The number of hydrazine groups is 5. The molecule has 15 N–H and O–H groups in total. The molecule has 0 atom stereocenters. The number of nitrogens with one attached hydrogen (secondary N) is 15. The van der Waals surface area contributed by atoms with E-state index in [-0.39, 0.29) is 17.2 Å². The van der Waals surface area contributed by atoms with Crippen molar-refractivity contribution in [2.75, 3.05) is 116 Å². The second-order valence-corrected chi connectivity index (χ2v) is 31.0. The Labute approximate surface area is 828 Å². The molecule has 1 aliphatic carbocycles. The van der Waals surface area contributed by atoms with Crippen molar-refractivity contribution in [2.45, 2.75) is 107 Å². The molecular formula is C102H125N17O24+2. The fourth-order valence-electron chi connectivity index (χ4n) is 12.7. The SMILES string of the molecule is C=C(OCC)c1ccc(NC(=O)NNC(=O)c2ccc(OCCCC)cc2)cc1.CCOc1cc(C(=O)NNC(=O)Nc2ccc(OC)cc2OC)cc(OCC)c1OCC.COc1cc(C(=O)NNC(=O)Nc2ccc([N+](C)=O)cc2)cc(OC)c1OC.C[N+](=O)c1cccc(NC(=O)NNC(=O)c2ccc(OC3CCCC3)cc2)c1.Cc1cccc(NC(=O)NNC(=O)c2ccc(OCC(C)C)cc2)c1C. The zero-order valence-corrected chi connectivity index (χ0v) is 82.7. The minimum atomic E-state index is -0.664. The summed E-state index contributed by atoms with van der Waals surface area (Å²) in [5.41, 5.74) is 31.1. The lowest BCUT2D eigenvalue weighted by atomic mass is 10.1. The molecule has 15 amide bonds. The van der Waals surface area contributed by atoms with Crippen LogP contribution in [0.3, 0.4) is 0 Å². The van der Waals surface area contributed by atoms with Crippen molar-refractivity contribution in [3.05, 3.63) is 267 Å². The number of hydrogen-bond donors (Lipinski definition) is 15. The maximum absolute atomic E-state index is 12.6. The average molecular weight is 1970 g/mol. The number of rotatable bonds is 35. The minimum Gasteiger partial charge on any atom is -0.497 e. The van der Waals surface area contributed by atoms with Gasteiger partial charge in [0.2, 0.25) is 11.5 Å². The summed E-state index contributed by atoms with van der Waals surface area (Å²) in [6.07, 6.45) is 6.80. The molecular weight excluding hydrogens is 1850 g/mol. The molecule has 41 nitrogen and oxygen atoms in total. The summed E-state index contributed by atoms with van der Waals surface area (Å²) in [5, 5.41) is 13.0. The molecule has 143 heavy (non-hydrogen) atoms. The first kappa shape index (κ1) is 112. The number of aryl methyl sites for hydroxylation is 1. The molecule has 41 heteroatoms. The quantitative estimate of drug-likeness (QED) is 0.00759. The number of hydrogen-bond acceptors (Lipinski definition) is 24. The standard InChI is InChI=1S/C22H29N3O7.C22H27N3O4.C20H22N4O4.C20H25N3O3.C18H20N4O6/c1-6-30-18-11-14(12-19(31-7-2)20(18)32-8-3)21(26)24-25-22(27)23-16-10-9-15(28-4)13-17(16)29-5;1-4-6-15-29-20-13-9-18(10-14-20)21(26)24-25-22(27)23-19-11-7-17(8-12-19)16(3)28-5-2;1-24(27)16-6-4-5-15(13-16)21-20(26)23-22-19(25)14-9-11-18(12-10-14)28-17-7-2-3-8-17;1-13(2)12-26-17-10-8-16(9-11-17)19(24)22-23-20(25)21-18-7-5-6-14(3)15(18)4;1-22(25)13-7-5-12(6-8-13)19-18(24)21-20-17(23)11-9-14(26-2)16(28-4)15(10-11)27-3/h9-13H,6-8H2,1-5H3,(H,24,26)(H2,23,25,27);7-14H,3-6,15H2,1-2H3,(H,24,26)(H2,23,25,27);4-6,9-13,17H,2-3,7-8H2,1H3,(H2-,21,22,23,25,26);5-11,13H,12H2,1-4H3,(H,22,24)(H2,21,23,25);5-10H,1-4H3,(H2-,19,20,21,23,24,25)/p+2. The van der Waals surface area contributed by atoms with Crippen LogP contribution in [0.4, 0.5) is 63.8 Å². The number of anilines is 5. The molecule has 0 aliphatic heterocycles. The van der Waals surface area contributed by atoms with Gasteiger partial charge in [0.25, 0.3) is 40.9 Å². The topological polar surface area (TPSA) is 502 Å². The van der Waals surface area contributed by atoms with E-state index in [0.717, 1.165) is 48.1 Å². The third kappa shape index (κ3) is 38.0. The van der Waals surface area contributed by atoms with Gasteiger partial charge in [0.05, 0.1) is 87.0 Å². The molecule has 760 valence electrons. The van der Waals surface area contributed by atoms with Crippen LogP contribution in [0.25, 0.3) is 5.76 Å². The van der Waals surface area contributed by atoms with Crippen molar-refractivity contribution in [1.82, 2.24) is 54.3 Å². The summed E-state index contributed by atoms with van der Waals surface area (Å²) in [6, 6.07) is 53.4. The zero-order valence-electron chi connectivity index (χ0n) is 82.7. The van der Waals surface area contributed by atoms with Crippen molar-refractivity contribution in [2.24, 2.45) is 5.92 Å². The van der Waals surface area contributed by atoms with Crippen molar-refractivity contribution < 1.29 is 114 Å². The molecule has 0 radical (unpaired) electrons. The summed E-state index contributed by atoms with van der Waals surface area (Å²) < 4.78 is 66.5. The Kier molecular flexibility index (Phi) is 46.8. The highest BCUT2D eigenvalue weighted by molar-refractivity contribution is 6.02. The Balaban J connectivity index is 0.000000243. The average Bonchev–Trinajstić information content (AvgIpc) is 0.845.